The van der Waals surface area contributed by atoms with Gasteiger partial charge in [-0.05, 0) is 0 Å². The van der Waals surface area contributed by atoms with Crippen LogP contribution in [0, 0.1) is 0 Å². The van der Waals surface area contributed by atoms with Crippen LogP contribution in [0.3, 0.4) is 0 Å². The average Bonchev–Trinajstić information content (AvgIpc) is 0. The Labute approximate surface area is 70.2 Å². The Hall–Kier alpha value is 1.20. The summed E-state index contributed by atoms with van der Waals surface area (Å²) in [6.45, 7) is 0. The van der Waals surface area contributed by atoms with Crippen molar-refractivity contribution in [2.75, 3.05) is 0 Å². The van der Waals surface area contributed by atoms with Crippen molar-refractivity contribution >= 4 is 0 Å². The summed E-state index contributed by atoms with van der Waals surface area (Å²) in [6, 6.07) is 0. The van der Waals surface area contributed by atoms with Crippen LogP contribution in [0.25, 0.3) is 0 Å². The minimum atomic E-state index is 0. The summed E-state index contributed by atoms with van der Waals surface area (Å²) >= 11 is 0. The molecule has 0 aromatic carbocycles. The molecule has 7 heavy (non-hydrogen) atoms. The van der Waals surface area contributed by atoms with Gasteiger partial charge in [0, 0.05) is 21.1 Å². The first-order chi connectivity index (χ1) is 0. The molecule has 46 valence electrons. The Bertz CT molecular complexity index is 8.04. The monoisotopic (exact) mass is 226 g/mol. The van der Waals surface area contributed by atoms with Crippen molar-refractivity contribution in [3.63, 3.8) is 0 Å². The summed E-state index contributed by atoms with van der Waals surface area (Å²) in [5.74, 6) is 0. The second-order valence-electron chi connectivity index (χ2n) is 0. The fourth-order valence-corrected chi connectivity index (χ4v) is 0. The van der Waals surface area contributed by atoms with Crippen LogP contribution < -0.4 is 0 Å². The summed E-state index contributed by atoms with van der Waals surface area (Å²) in [5, 5.41) is 0. The van der Waals surface area contributed by atoms with Gasteiger partial charge >= 0.3 is 21.7 Å². The van der Waals surface area contributed by atoms with Crippen molar-refractivity contribution in [3.05, 3.63) is 0 Å². The van der Waals surface area contributed by atoms with E-state index >= 15 is 0 Å². The van der Waals surface area contributed by atoms with Gasteiger partial charge in [0.1, 0.15) is 0 Å². The Morgan fingerprint density at radius 3 is 0.429 bits per heavy atom. The van der Waals surface area contributed by atoms with Gasteiger partial charge < -0.3 is 27.4 Å². The van der Waals surface area contributed by atoms with Crippen molar-refractivity contribution < 1.29 is 70.2 Å². The smallest absolute Gasteiger partial charge is 2.00 e. The van der Waals surface area contributed by atoms with E-state index in [9.17, 15) is 0 Å². The van der Waals surface area contributed by atoms with E-state index in [0.717, 1.165) is 0 Å². The predicted octanol–water partition coefficient (Wildman–Crippen LogP) is -0.599. The van der Waals surface area contributed by atoms with E-state index in [4.69, 9.17) is 0 Å². The standard InChI is InChI=1S/Mo.5O.Ti/q;5*-2;+4. The molecule has 7 heteroatoms. The normalized spacial score (nSPS) is 0. The summed E-state index contributed by atoms with van der Waals surface area (Å²) in [6.07, 6.45) is 0. The van der Waals surface area contributed by atoms with E-state index in [2.05, 4.69) is 0 Å². The maximum Gasteiger partial charge on any atom is 4.00 e. The van der Waals surface area contributed by atoms with E-state index in [0.29, 0.717) is 0 Å². The second kappa shape index (κ2) is 192. The molecular weight excluding hydrogens is 224 g/mol. The van der Waals surface area contributed by atoms with Crippen LogP contribution in [0.1, 0.15) is 0 Å². The van der Waals surface area contributed by atoms with E-state index in [-0.39, 0.29) is 70.2 Å². The third-order valence-corrected chi connectivity index (χ3v) is 0. The maximum atomic E-state index is 0. The van der Waals surface area contributed by atoms with Crippen molar-refractivity contribution in [2.24, 2.45) is 0 Å². The first kappa shape index (κ1) is 294. The van der Waals surface area contributed by atoms with Crippen LogP contribution >= 0.6 is 0 Å². The van der Waals surface area contributed by atoms with Gasteiger partial charge in [0.15, 0.2) is 0 Å². The van der Waals surface area contributed by atoms with Crippen LogP contribution in [-0.4, -0.2) is 0 Å². The molecule has 0 saturated carbocycles. The zero-order valence-electron chi connectivity index (χ0n) is 2.95. The van der Waals surface area contributed by atoms with Crippen molar-refractivity contribution in [2.45, 2.75) is 0 Å². The SMILES string of the molecule is [Mo].[O-2].[O-2].[O-2].[O-2].[O-2].[Ti+4]. The number of hydrogen-bond donors (Lipinski definition) is 0. The molecule has 0 saturated heterocycles. The summed E-state index contributed by atoms with van der Waals surface area (Å²) < 4.78 is 0. The molecule has 0 aliphatic rings. The average molecular weight is 224 g/mol. The predicted molar refractivity (Wildman–Crippen MR) is 3.43 cm³/mol. The van der Waals surface area contributed by atoms with Gasteiger partial charge in [-0.25, -0.2) is 0 Å². The second-order valence-corrected chi connectivity index (χ2v) is 0. The molecule has 0 amide bonds. The van der Waals surface area contributed by atoms with Gasteiger partial charge in [-0.2, -0.15) is 0 Å². The topological polar surface area (TPSA) is 142 Å². The number of hydrogen-bond acceptors (Lipinski definition) is 0. The van der Waals surface area contributed by atoms with Crippen molar-refractivity contribution in [1.29, 1.82) is 0 Å². The van der Waals surface area contributed by atoms with Crippen LogP contribution in [0.2, 0.25) is 0 Å². The van der Waals surface area contributed by atoms with E-state index in [1.807, 2.05) is 0 Å². The largest absolute Gasteiger partial charge is 4.00 e. The zero-order valence-corrected chi connectivity index (χ0v) is 6.52. The molecule has 0 radical (unpaired) electrons. The Morgan fingerprint density at radius 2 is 0.429 bits per heavy atom. The van der Waals surface area contributed by atoms with E-state index in [1.54, 1.807) is 0 Å². The molecule has 0 atom stereocenters. The molecule has 0 aromatic heterocycles. The molecule has 5 nitrogen and oxygen atoms in total. The van der Waals surface area contributed by atoms with Gasteiger partial charge in [0.2, 0.25) is 0 Å². The van der Waals surface area contributed by atoms with Crippen LogP contribution in [0.15, 0.2) is 0 Å². The van der Waals surface area contributed by atoms with Gasteiger partial charge in [-0.1, -0.05) is 0 Å². The Morgan fingerprint density at radius 1 is 0.429 bits per heavy atom. The zero-order chi connectivity index (χ0) is 0. The molecule has 0 aliphatic carbocycles. The molecular formula is MoO5Ti-6. The fourth-order valence-electron chi connectivity index (χ4n) is 0. The van der Waals surface area contributed by atoms with E-state index in [1.165, 1.54) is 0 Å². The van der Waals surface area contributed by atoms with Gasteiger partial charge in [-0.3, -0.25) is 0 Å². The number of rotatable bonds is 0. The summed E-state index contributed by atoms with van der Waals surface area (Å²) in [4.78, 5) is 0. The maximum absolute atomic E-state index is 0. The van der Waals surface area contributed by atoms with Crippen LogP contribution in [0.5, 0.6) is 0 Å². The Kier molecular flexibility index (Phi) is 8050. The molecule has 0 bridgehead atoms. The van der Waals surface area contributed by atoms with Crippen molar-refractivity contribution in [1.82, 2.24) is 0 Å². The molecule has 0 heterocycles. The Balaban J connectivity index is 0. The molecule has 0 N–H and O–H groups in total. The third-order valence-electron chi connectivity index (χ3n) is 0. The fraction of sp³-hybridized carbons (Fsp3) is 0. The minimum absolute atomic E-state index is 0. The minimum Gasteiger partial charge on any atom is -2.00 e. The van der Waals surface area contributed by atoms with Crippen LogP contribution in [-0.2, 0) is 70.2 Å². The summed E-state index contributed by atoms with van der Waals surface area (Å²) in [5.41, 5.74) is 0. The molecule has 0 fully saturated rings. The first-order valence-electron chi connectivity index (χ1n) is 0. The van der Waals surface area contributed by atoms with Gasteiger partial charge in [0.05, 0.1) is 0 Å². The first-order valence-corrected chi connectivity index (χ1v) is 0. The quantitative estimate of drug-likeness (QED) is 0.484. The molecule has 0 unspecified atom stereocenters. The van der Waals surface area contributed by atoms with Gasteiger partial charge in [-0.15, -0.1) is 0 Å². The molecule has 0 aromatic rings. The third kappa shape index (κ3) is 135. The van der Waals surface area contributed by atoms with E-state index < -0.39 is 0 Å². The van der Waals surface area contributed by atoms with Crippen LogP contribution in [0.4, 0.5) is 0 Å². The van der Waals surface area contributed by atoms with Crippen molar-refractivity contribution in [3.8, 4) is 0 Å². The molecule has 0 spiro atoms. The van der Waals surface area contributed by atoms with Gasteiger partial charge in [0.25, 0.3) is 0 Å². The summed E-state index contributed by atoms with van der Waals surface area (Å²) in [7, 11) is 0. The molecule has 0 rings (SSSR count). The molecule has 0 aliphatic heterocycles.